The summed E-state index contributed by atoms with van der Waals surface area (Å²) in [6.45, 7) is 0. The highest BCUT2D eigenvalue weighted by atomic mass is 32.2. The summed E-state index contributed by atoms with van der Waals surface area (Å²) in [5.41, 5.74) is 3.63. The fraction of sp³-hybridized carbons (Fsp3) is 0. The second-order valence-electron chi connectivity index (χ2n) is 10.4. The van der Waals surface area contributed by atoms with Crippen LogP contribution in [0.4, 0.5) is 45.5 Å². The Morgan fingerprint density at radius 3 is 1.37 bits per heavy atom. The van der Waals surface area contributed by atoms with Gasteiger partial charge in [-0.25, -0.2) is 0 Å². The van der Waals surface area contributed by atoms with Gasteiger partial charge in [0.15, 0.2) is 5.36 Å². The molecule has 0 heterocycles. The minimum absolute atomic E-state index is 0.124. The number of nitro benzene ring substituents is 2. The molecular weight excluding hydrogens is 729 g/mol. The fourth-order valence-electron chi connectivity index (χ4n) is 4.43. The average Bonchev–Trinajstić information content (AvgIpc) is 3.08. The van der Waals surface area contributed by atoms with E-state index in [9.17, 15) is 55.8 Å². The molecule has 0 saturated heterocycles. The van der Waals surface area contributed by atoms with Gasteiger partial charge in [0, 0.05) is 35.6 Å². The predicted octanol–water partition coefficient (Wildman–Crippen LogP) is 2.94. The molecule has 5 aromatic carbocycles. The number of rotatable bonds is 12. The molecule has 52 heavy (non-hydrogen) atoms. The summed E-state index contributed by atoms with van der Waals surface area (Å²) in [6, 6.07) is 19.8. The number of nitrogens with one attached hydrogen (secondary N) is 4. The van der Waals surface area contributed by atoms with E-state index in [4.69, 9.17) is 0 Å². The Morgan fingerprint density at radius 1 is 0.558 bits per heavy atom. The Kier molecular flexibility index (Phi) is 10.2. The molecule has 0 saturated carbocycles. The van der Waals surface area contributed by atoms with Gasteiger partial charge < -0.3 is 10.6 Å². The van der Waals surface area contributed by atoms with Crippen LogP contribution in [0, 0.1) is 20.2 Å². The molecule has 0 bridgehead atoms. The van der Waals surface area contributed by atoms with Gasteiger partial charge in [0.25, 0.3) is 31.6 Å². The topological polar surface area (TPSA) is 302 Å². The second-order valence-corrected chi connectivity index (χ2v) is 13.2. The molecule has 0 fully saturated rings. The predicted molar refractivity (Wildman–Crippen MR) is 185 cm³/mol. The monoisotopic (exact) mass is 750 g/mol. The highest BCUT2D eigenvalue weighted by Crippen LogP contribution is 2.30. The van der Waals surface area contributed by atoms with Crippen molar-refractivity contribution in [2.75, 3.05) is 21.5 Å². The number of nitro groups is 2. The zero-order valence-electron chi connectivity index (χ0n) is 25.8. The van der Waals surface area contributed by atoms with E-state index in [0.717, 1.165) is 30.3 Å². The maximum Gasteiger partial charge on any atom is 0.296 e. The van der Waals surface area contributed by atoms with E-state index >= 15 is 0 Å². The zero-order chi connectivity index (χ0) is 37.8. The number of anilines is 6. The van der Waals surface area contributed by atoms with Crippen molar-refractivity contribution in [2.45, 2.75) is 9.79 Å². The first-order valence-corrected chi connectivity index (χ1v) is 17.1. The van der Waals surface area contributed by atoms with Gasteiger partial charge in [-0.2, -0.15) is 27.0 Å². The van der Waals surface area contributed by atoms with Crippen LogP contribution in [-0.2, 0) is 20.2 Å². The molecule has 0 aliphatic carbocycles. The minimum atomic E-state index is -4.82. The Hall–Kier alpha value is -6.88. The van der Waals surface area contributed by atoms with Crippen LogP contribution in [0.25, 0.3) is 0 Å². The van der Waals surface area contributed by atoms with E-state index in [-0.39, 0.29) is 16.7 Å². The van der Waals surface area contributed by atoms with E-state index in [1.807, 2.05) is 0 Å². The smallest absolute Gasteiger partial charge is 0.296 e. The van der Waals surface area contributed by atoms with Crippen LogP contribution in [0.15, 0.2) is 127 Å². The third kappa shape index (κ3) is 8.64. The van der Waals surface area contributed by atoms with Crippen LogP contribution in [0.2, 0.25) is 0 Å². The van der Waals surface area contributed by atoms with Crippen molar-refractivity contribution >= 4 is 65.7 Å². The van der Waals surface area contributed by atoms with Gasteiger partial charge in [0.1, 0.15) is 15.1 Å². The highest BCUT2D eigenvalue weighted by molar-refractivity contribution is 7.86. The van der Waals surface area contributed by atoms with E-state index in [1.165, 1.54) is 54.6 Å². The molecule has 0 amide bonds. The number of hydrogen-bond acceptors (Lipinski definition) is 16. The first-order valence-electron chi connectivity index (χ1n) is 14.2. The van der Waals surface area contributed by atoms with Crippen LogP contribution in [0.5, 0.6) is 0 Å². The van der Waals surface area contributed by atoms with E-state index in [2.05, 4.69) is 31.7 Å². The van der Waals surface area contributed by atoms with Crippen molar-refractivity contribution < 1.29 is 35.8 Å². The maximum atomic E-state index is 13.0. The molecule has 5 aromatic rings. The van der Waals surface area contributed by atoms with Crippen molar-refractivity contribution in [3.8, 4) is 0 Å². The van der Waals surface area contributed by atoms with Crippen LogP contribution >= 0.6 is 0 Å². The summed E-state index contributed by atoms with van der Waals surface area (Å²) in [4.78, 5) is 44.4. The third-order valence-electron chi connectivity index (χ3n) is 6.91. The van der Waals surface area contributed by atoms with E-state index in [1.54, 1.807) is 0 Å². The van der Waals surface area contributed by atoms with Crippen molar-refractivity contribution in [1.82, 2.24) is 0 Å². The van der Waals surface area contributed by atoms with Gasteiger partial charge in [-0.15, -0.1) is 0 Å². The number of nitrogens with zero attached hydrogens (tertiary/aromatic N) is 4. The van der Waals surface area contributed by atoms with Gasteiger partial charge in [-0.05, 0) is 72.8 Å². The lowest BCUT2D eigenvalue weighted by Crippen LogP contribution is -2.47. The third-order valence-corrected chi connectivity index (χ3v) is 8.70. The van der Waals surface area contributed by atoms with Crippen molar-refractivity contribution in [3.05, 3.63) is 148 Å². The first kappa shape index (κ1) is 36.4. The molecule has 0 aliphatic heterocycles. The molecule has 0 unspecified atom stereocenters. The summed E-state index contributed by atoms with van der Waals surface area (Å²) in [7, 11) is -9.63. The Morgan fingerprint density at radius 2 is 0.962 bits per heavy atom. The fourth-order valence-corrected chi connectivity index (χ4v) is 5.76. The normalized spacial score (nSPS) is 12.3. The summed E-state index contributed by atoms with van der Waals surface area (Å²) in [5, 5.41) is 34.8. The average molecular weight is 751 g/mol. The Bertz CT molecular complexity index is 2680. The van der Waals surface area contributed by atoms with Gasteiger partial charge >= 0.3 is 0 Å². The molecule has 22 heteroatoms. The largest absolute Gasteiger partial charge is 0.354 e. The zero-order valence-corrected chi connectivity index (χ0v) is 27.5. The molecule has 0 spiro atoms. The number of non-ortho nitro benzene ring substituents is 2. The Balaban J connectivity index is 1.30. The molecule has 0 aromatic heterocycles. The standard InChI is InChI=1S/C30H22N8O12S2/c39-26-14-13-25(35-33-19-5-1-17(2-6-19)31-23-11-9-21(37(41)42)15-27(23)51(45,46)47)30(40)29(26)36-34-20-7-3-18(4-8-20)32-24-12-10-22(38(43)44)16-28(24)52(48,49)50/h1-16,31-34H,(H,45,46,47)(H,48,49,50)/b35-25-,36-29-. The first-order chi connectivity index (χ1) is 24.5. The molecular formula is C30H22N8O12S2. The van der Waals surface area contributed by atoms with Crippen molar-refractivity contribution in [3.63, 3.8) is 0 Å². The SMILES string of the molecule is O=c1cc/c(=N/Nc2ccc(Nc3ccc([N+](=O)[O-])cc3S(=O)(=O)O)cc2)c(=O)/c1=N\Nc1ccc(Nc2ccc([N+](=O)[O-])cc2S(=O)(=O)O)cc1. The summed E-state index contributed by atoms with van der Waals surface area (Å²) >= 11 is 0. The van der Waals surface area contributed by atoms with Gasteiger partial charge in [-0.1, -0.05) is 0 Å². The molecule has 0 radical (unpaired) electrons. The van der Waals surface area contributed by atoms with Crippen LogP contribution in [-0.4, -0.2) is 35.8 Å². The lowest BCUT2D eigenvalue weighted by Gasteiger charge is -2.11. The lowest BCUT2D eigenvalue weighted by molar-refractivity contribution is -0.385. The van der Waals surface area contributed by atoms with Gasteiger partial charge in [0.2, 0.25) is 10.9 Å². The van der Waals surface area contributed by atoms with E-state index in [0.29, 0.717) is 34.9 Å². The molecule has 0 aliphatic rings. The van der Waals surface area contributed by atoms with Gasteiger partial charge in [0.05, 0.1) is 32.6 Å². The molecule has 266 valence electrons. The second kappa shape index (κ2) is 14.5. The van der Waals surface area contributed by atoms with Crippen LogP contribution in [0.3, 0.4) is 0 Å². The van der Waals surface area contributed by atoms with Crippen molar-refractivity contribution in [1.29, 1.82) is 0 Å². The number of hydrogen-bond donors (Lipinski definition) is 6. The van der Waals surface area contributed by atoms with E-state index < -0.39 is 67.5 Å². The molecule has 5 rings (SSSR count). The van der Waals surface area contributed by atoms with Crippen LogP contribution < -0.4 is 43.1 Å². The quantitative estimate of drug-likeness (QED) is 0.0606. The van der Waals surface area contributed by atoms with Gasteiger partial charge in [-0.3, -0.25) is 49.8 Å². The molecule has 6 N–H and O–H groups in total. The Labute approximate surface area is 290 Å². The minimum Gasteiger partial charge on any atom is -0.354 e. The molecule has 0 atom stereocenters. The summed E-state index contributed by atoms with van der Waals surface area (Å²) < 4.78 is 66.2. The summed E-state index contributed by atoms with van der Waals surface area (Å²) in [6.07, 6.45) is 0. The summed E-state index contributed by atoms with van der Waals surface area (Å²) in [5.74, 6) is 0. The maximum absolute atomic E-state index is 13.0. The number of benzene rings is 5. The van der Waals surface area contributed by atoms with Crippen molar-refractivity contribution in [2.24, 2.45) is 10.2 Å². The molecule has 20 nitrogen and oxygen atoms in total. The highest BCUT2D eigenvalue weighted by Gasteiger charge is 2.21. The van der Waals surface area contributed by atoms with Crippen LogP contribution in [0.1, 0.15) is 0 Å². The lowest BCUT2D eigenvalue weighted by atomic mass is 10.2.